The van der Waals surface area contributed by atoms with Crippen LogP contribution in [0.4, 0.5) is 0 Å². The fourth-order valence-corrected chi connectivity index (χ4v) is 3.59. The normalized spacial score (nSPS) is 36.0. The van der Waals surface area contributed by atoms with Crippen molar-refractivity contribution in [1.82, 2.24) is 5.32 Å². The third-order valence-electron chi connectivity index (χ3n) is 3.49. The van der Waals surface area contributed by atoms with E-state index in [1.165, 1.54) is 6.92 Å². The Hall–Kier alpha value is -0.380. The van der Waals surface area contributed by atoms with Crippen molar-refractivity contribution in [1.29, 1.82) is 0 Å². The van der Waals surface area contributed by atoms with Gasteiger partial charge in [0.15, 0.2) is 7.37 Å². The molecule has 0 aromatic carbocycles. The van der Waals surface area contributed by atoms with Crippen molar-refractivity contribution in [3.05, 3.63) is 0 Å². The standard InChI is InChI=1S/C13H26NO4P/c1-7-11-13(18-19(5,6)16)8(2)12(9(3)17-11)14-10(4)15/h8-9,11-13H,7H2,1-6H3,(H,14,15)/t8-,9+,11?,12?,13+/m1/s1. The van der Waals surface area contributed by atoms with Crippen molar-refractivity contribution in [2.75, 3.05) is 13.3 Å². The van der Waals surface area contributed by atoms with Crippen molar-refractivity contribution in [3.8, 4) is 0 Å². The van der Waals surface area contributed by atoms with E-state index >= 15 is 0 Å². The van der Waals surface area contributed by atoms with Gasteiger partial charge < -0.3 is 14.6 Å². The van der Waals surface area contributed by atoms with Crippen LogP contribution in [-0.4, -0.2) is 43.6 Å². The topological polar surface area (TPSA) is 64.6 Å². The fourth-order valence-electron chi connectivity index (χ4n) is 2.68. The highest BCUT2D eigenvalue weighted by Gasteiger charge is 2.43. The minimum atomic E-state index is -2.60. The Morgan fingerprint density at radius 2 is 1.95 bits per heavy atom. The first-order valence-electron chi connectivity index (χ1n) is 6.81. The molecule has 2 unspecified atom stereocenters. The summed E-state index contributed by atoms with van der Waals surface area (Å²) in [6, 6.07) is -0.114. The van der Waals surface area contributed by atoms with Gasteiger partial charge in [0.1, 0.15) is 0 Å². The van der Waals surface area contributed by atoms with Gasteiger partial charge in [0.05, 0.1) is 24.4 Å². The predicted molar refractivity (Wildman–Crippen MR) is 75.7 cm³/mol. The summed E-state index contributed by atoms with van der Waals surface area (Å²) < 4.78 is 23.6. The Kier molecular flexibility index (Phi) is 5.60. The molecule has 0 spiro atoms. The fraction of sp³-hybridized carbons (Fsp3) is 0.923. The van der Waals surface area contributed by atoms with Crippen LogP contribution in [0.25, 0.3) is 0 Å². The number of hydrogen-bond donors (Lipinski definition) is 1. The summed E-state index contributed by atoms with van der Waals surface area (Å²) in [4.78, 5) is 11.3. The molecule has 1 N–H and O–H groups in total. The van der Waals surface area contributed by atoms with E-state index in [9.17, 15) is 9.36 Å². The van der Waals surface area contributed by atoms with Gasteiger partial charge in [0.25, 0.3) is 0 Å². The van der Waals surface area contributed by atoms with Crippen LogP contribution in [-0.2, 0) is 18.6 Å². The van der Waals surface area contributed by atoms with Crippen LogP contribution in [0.15, 0.2) is 0 Å². The molecule has 0 aromatic heterocycles. The molecular weight excluding hydrogens is 265 g/mol. The number of rotatable bonds is 4. The lowest BCUT2D eigenvalue weighted by Gasteiger charge is -2.45. The molecule has 6 heteroatoms. The lowest BCUT2D eigenvalue weighted by Crippen LogP contribution is -2.58. The van der Waals surface area contributed by atoms with Crippen molar-refractivity contribution in [2.24, 2.45) is 5.92 Å². The Bertz CT molecular complexity index is 368. The first-order valence-corrected chi connectivity index (χ1v) is 9.33. The Morgan fingerprint density at radius 3 is 2.37 bits per heavy atom. The summed E-state index contributed by atoms with van der Waals surface area (Å²) in [6.45, 7) is 10.7. The molecule has 1 rings (SSSR count). The lowest BCUT2D eigenvalue weighted by atomic mass is 9.85. The van der Waals surface area contributed by atoms with Gasteiger partial charge in [0, 0.05) is 26.2 Å². The largest absolute Gasteiger partial charge is 0.370 e. The number of nitrogens with one attached hydrogen (secondary N) is 1. The highest BCUT2D eigenvalue weighted by Crippen LogP contribution is 2.44. The lowest BCUT2D eigenvalue weighted by molar-refractivity contribution is -0.148. The monoisotopic (exact) mass is 291 g/mol. The van der Waals surface area contributed by atoms with Crippen molar-refractivity contribution in [3.63, 3.8) is 0 Å². The minimum Gasteiger partial charge on any atom is -0.370 e. The van der Waals surface area contributed by atoms with Gasteiger partial charge in [-0.2, -0.15) is 0 Å². The van der Waals surface area contributed by atoms with Gasteiger partial charge in [-0.1, -0.05) is 13.8 Å². The number of carbonyl (C=O) groups excluding carboxylic acids is 1. The second-order valence-corrected chi connectivity index (χ2v) is 8.41. The molecule has 19 heavy (non-hydrogen) atoms. The van der Waals surface area contributed by atoms with Crippen LogP contribution in [0.1, 0.15) is 34.1 Å². The molecule has 5 nitrogen and oxygen atoms in total. The Balaban J connectivity index is 2.91. The molecule has 1 aliphatic heterocycles. The average molecular weight is 291 g/mol. The van der Waals surface area contributed by atoms with E-state index in [0.29, 0.717) is 0 Å². The molecule has 1 amide bonds. The van der Waals surface area contributed by atoms with E-state index in [0.717, 1.165) is 6.42 Å². The van der Waals surface area contributed by atoms with Crippen molar-refractivity contribution in [2.45, 2.75) is 58.5 Å². The highest BCUT2D eigenvalue weighted by atomic mass is 31.2. The van der Waals surface area contributed by atoms with Crippen LogP contribution in [0.2, 0.25) is 0 Å². The molecule has 112 valence electrons. The third-order valence-corrected chi connectivity index (χ3v) is 4.25. The van der Waals surface area contributed by atoms with Gasteiger partial charge >= 0.3 is 0 Å². The summed E-state index contributed by atoms with van der Waals surface area (Å²) in [5.74, 6) is -0.0250. The van der Waals surface area contributed by atoms with E-state index in [4.69, 9.17) is 9.26 Å². The maximum absolute atomic E-state index is 11.9. The average Bonchev–Trinajstić information content (AvgIpc) is 2.26. The molecule has 0 bridgehead atoms. The van der Waals surface area contributed by atoms with E-state index in [-0.39, 0.29) is 36.2 Å². The summed E-state index contributed by atoms with van der Waals surface area (Å²) >= 11 is 0. The summed E-state index contributed by atoms with van der Waals surface area (Å²) in [5.41, 5.74) is 0. The van der Waals surface area contributed by atoms with Crippen molar-refractivity contribution < 1.29 is 18.6 Å². The predicted octanol–water partition coefficient (Wildman–Crippen LogP) is 2.25. The first-order chi connectivity index (χ1) is 8.65. The number of carbonyl (C=O) groups is 1. The molecule has 5 atom stereocenters. The molecule has 0 saturated carbocycles. The van der Waals surface area contributed by atoms with Gasteiger partial charge in [-0.3, -0.25) is 9.36 Å². The van der Waals surface area contributed by atoms with E-state index < -0.39 is 7.37 Å². The molecule has 1 fully saturated rings. The minimum absolute atomic E-state index is 0.0609. The zero-order valence-corrected chi connectivity index (χ0v) is 13.6. The van der Waals surface area contributed by atoms with E-state index in [1.807, 2.05) is 20.8 Å². The van der Waals surface area contributed by atoms with Crippen LogP contribution in [0.3, 0.4) is 0 Å². The maximum atomic E-state index is 11.9. The maximum Gasteiger partial charge on any atom is 0.217 e. The Labute approximate surface area is 115 Å². The van der Waals surface area contributed by atoms with E-state index in [2.05, 4.69) is 5.32 Å². The Morgan fingerprint density at radius 1 is 1.37 bits per heavy atom. The van der Waals surface area contributed by atoms with Gasteiger partial charge in [-0.05, 0) is 13.3 Å². The summed E-state index contributed by atoms with van der Waals surface area (Å²) in [6.07, 6.45) is 0.394. The molecule has 1 saturated heterocycles. The number of amides is 1. The summed E-state index contributed by atoms with van der Waals surface area (Å²) in [5, 5.41) is 2.91. The SMILES string of the molecule is CCC1O[C@@H](C)C(NC(C)=O)[C@@H](C)[C@@H]1OP(C)(C)=O. The van der Waals surface area contributed by atoms with Crippen LogP contribution >= 0.6 is 7.37 Å². The molecule has 0 radical (unpaired) electrons. The molecule has 1 heterocycles. The second-order valence-electron chi connectivity index (χ2n) is 5.70. The first kappa shape index (κ1) is 16.7. The van der Waals surface area contributed by atoms with Crippen molar-refractivity contribution >= 4 is 13.3 Å². The third kappa shape index (κ3) is 4.59. The van der Waals surface area contributed by atoms with Crippen LogP contribution in [0.5, 0.6) is 0 Å². The molecular formula is C13H26NO4P. The molecule has 1 aliphatic rings. The number of ether oxygens (including phenoxy) is 1. The van der Waals surface area contributed by atoms with Gasteiger partial charge in [0.2, 0.25) is 5.91 Å². The number of hydrogen-bond acceptors (Lipinski definition) is 4. The van der Waals surface area contributed by atoms with E-state index in [1.54, 1.807) is 13.3 Å². The van der Waals surface area contributed by atoms with Gasteiger partial charge in [-0.25, -0.2) is 0 Å². The van der Waals surface area contributed by atoms with Crippen LogP contribution < -0.4 is 5.32 Å². The second kappa shape index (κ2) is 6.38. The quantitative estimate of drug-likeness (QED) is 0.807. The molecule has 0 aromatic rings. The zero-order chi connectivity index (χ0) is 14.8. The summed E-state index contributed by atoms with van der Waals surface area (Å²) in [7, 11) is -2.60. The smallest absolute Gasteiger partial charge is 0.217 e. The highest BCUT2D eigenvalue weighted by molar-refractivity contribution is 7.57. The zero-order valence-electron chi connectivity index (χ0n) is 12.7. The molecule has 0 aliphatic carbocycles. The van der Waals surface area contributed by atoms with Crippen LogP contribution in [0, 0.1) is 5.92 Å². The van der Waals surface area contributed by atoms with Gasteiger partial charge in [-0.15, -0.1) is 0 Å².